The minimum Gasteiger partial charge on any atom is -0.387 e. The van der Waals surface area contributed by atoms with Crippen molar-refractivity contribution in [3.05, 3.63) is 66.1 Å². The average Bonchev–Trinajstić information content (AvgIpc) is 3.12. The van der Waals surface area contributed by atoms with Gasteiger partial charge in [-0.25, -0.2) is 0 Å². The van der Waals surface area contributed by atoms with Crippen LogP contribution in [-0.2, 0) is 6.54 Å². The van der Waals surface area contributed by atoms with Gasteiger partial charge in [-0.15, -0.1) is 0 Å². The number of H-pyrrole nitrogens is 1. The Bertz CT molecular complexity index is 791. The number of nitrogens with one attached hydrogen (secondary N) is 1. The second kappa shape index (κ2) is 6.75. The van der Waals surface area contributed by atoms with Gasteiger partial charge in [-0.05, 0) is 61.7 Å². The van der Waals surface area contributed by atoms with Crippen molar-refractivity contribution in [3.63, 3.8) is 0 Å². The normalized spacial score (nSPS) is 18.0. The minimum absolute atomic E-state index is 0.305. The smallest absolute Gasteiger partial charge is 0.0988 e. The first-order valence-corrected chi connectivity index (χ1v) is 8.67. The van der Waals surface area contributed by atoms with Crippen LogP contribution in [0.25, 0.3) is 10.9 Å². The molecule has 1 saturated heterocycles. The van der Waals surface area contributed by atoms with Crippen LogP contribution in [-0.4, -0.2) is 33.1 Å². The summed E-state index contributed by atoms with van der Waals surface area (Å²) >= 11 is 0. The van der Waals surface area contributed by atoms with Gasteiger partial charge in [0.15, 0.2) is 0 Å². The van der Waals surface area contributed by atoms with Gasteiger partial charge in [-0.3, -0.25) is 9.88 Å². The fraction of sp³-hybridized carbons (Fsp3) is 0.350. The topological polar surface area (TPSA) is 52.2 Å². The minimum atomic E-state index is -0.443. The highest BCUT2D eigenvalue weighted by atomic mass is 16.3. The van der Waals surface area contributed by atoms with Gasteiger partial charge in [-0.2, -0.15) is 0 Å². The molecule has 0 bridgehead atoms. The fourth-order valence-electron chi connectivity index (χ4n) is 3.75. The van der Waals surface area contributed by atoms with Crippen LogP contribution in [0.15, 0.2) is 54.9 Å². The number of fused-ring (bicyclic) bond motifs is 1. The first-order chi connectivity index (χ1) is 11.8. The summed E-state index contributed by atoms with van der Waals surface area (Å²) in [5, 5.41) is 11.9. The van der Waals surface area contributed by atoms with Crippen LogP contribution in [0.4, 0.5) is 0 Å². The second-order valence-electron chi connectivity index (χ2n) is 6.67. The molecule has 0 saturated carbocycles. The maximum Gasteiger partial charge on any atom is 0.0988 e. The molecule has 0 aliphatic carbocycles. The van der Waals surface area contributed by atoms with Gasteiger partial charge in [0.25, 0.3) is 0 Å². The summed E-state index contributed by atoms with van der Waals surface area (Å²) in [5.41, 5.74) is 3.37. The van der Waals surface area contributed by atoms with Crippen molar-refractivity contribution >= 4 is 10.9 Å². The molecule has 1 aromatic carbocycles. The first-order valence-electron chi connectivity index (χ1n) is 8.67. The summed E-state index contributed by atoms with van der Waals surface area (Å²) in [4.78, 5) is 10.1. The number of piperidine rings is 1. The lowest BCUT2D eigenvalue weighted by molar-refractivity contribution is 0.0541. The quantitative estimate of drug-likeness (QED) is 0.773. The Balaban J connectivity index is 1.39. The van der Waals surface area contributed by atoms with Crippen molar-refractivity contribution in [2.45, 2.75) is 25.5 Å². The molecule has 24 heavy (non-hydrogen) atoms. The van der Waals surface area contributed by atoms with Crippen molar-refractivity contribution in [3.8, 4) is 0 Å². The van der Waals surface area contributed by atoms with Gasteiger partial charge in [0, 0.05) is 29.8 Å². The highest BCUT2D eigenvalue weighted by Gasteiger charge is 2.27. The predicted octanol–water partition coefficient (Wildman–Crippen LogP) is 3.51. The van der Waals surface area contributed by atoms with E-state index in [4.69, 9.17) is 0 Å². The predicted molar refractivity (Wildman–Crippen MR) is 95.5 cm³/mol. The van der Waals surface area contributed by atoms with Crippen LogP contribution in [0, 0.1) is 5.92 Å². The number of benzene rings is 1. The van der Waals surface area contributed by atoms with E-state index in [0.717, 1.165) is 38.2 Å². The van der Waals surface area contributed by atoms with Gasteiger partial charge in [0.05, 0.1) is 11.8 Å². The molecular formula is C20H23N3O. The third-order valence-corrected chi connectivity index (χ3v) is 5.15. The number of rotatable bonds is 4. The second-order valence-corrected chi connectivity index (χ2v) is 6.67. The van der Waals surface area contributed by atoms with Gasteiger partial charge in [-0.1, -0.05) is 18.2 Å². The van der Waals surface area contributed by atoms with E-state index in [0.29, 0.717) is 5.92 Å². The van der Waals surface area contributed by atoms with Gasteiger partial charge < -0.3 is 10.1 Å². The standard InChI is InChI=1S/C20H23N3O/c24-20(19-5-1-2-10-21-19)15-8-12-23(13-9-15)14-16-4-3-6-18-17(16)7-11-22-18/h1-7,10-11,15,20,22,24H,8-9,12-14H2. The van der Waals surface area contributed by atoms with Crippen molar-refractivity contribution in [2.24, 2.45) is 5.92 Å². The van der Waals surface area contributed by atoms with Crippen LogP contribution in [0.2, 0.25) is 0 Å². The van der Waals surface area contributed by atoms with E-state index < -0.39 is 6.10 Å². The Kier molecular flexibility index (Phi) is 4.32. The highest BCUT2D eigenvalue weighted by molar-refractivity contribution is 5.82. The largest absolute Gasteiger partial charge is 0.387 e. The summed E-state index contributed by atoms with van der Waals surface area (Å²) in [5.74, 6) is 0.305. The summed E-state index contributed by atoms with van der Waals surface area (Å²) in [6.07, 6.45) is 5.35. The molecule has 1 aliphatic rings. The fourth-order valence-corrected chi connectivity index (χ4v) is 3.75. The number of hydrogen-bond donors (Lipinski definition) is 2. The van der Waals surface area contributed by atoms with Crippen molar-refractivity contribution < 1.29 is 5.11 Å². The molecule has 2 aromatic heterocycles. The van der Waals surface area contributed by atoms with E-state index in [1.807, 2.05) is 24.4 Å². The summed E-state index contributed by atoms with van der Waals surface area (Å²) in [6.45, 7) is 3.02. The molecule has 4 nitrogen and oxygen atoms in total. The maximum absolute atomic E-state index is 10.5. The van der Waals surface area contributed by atoms with Crippen LogP contribution < -0.4 is 0 Å². The number of nitrogens with zero attached hydrogens (tertiary/aromatic N) is 2. The van der Waals surface area contributed by atoms with Crippen molar-refractivity contribution in [2.75, 3.05) is 13.1 Å². The Morgan fingerprint density at radius 2 is 2.00 bits per heavy atom. The van der Waals surface area contributed by atoms with Crippen LogP contribution in [0.5, 0.6) is 0 Å². The lowest BCUT2D eigenvalue weighted by Crippen LogP contribution is -2.35. The van der Waals surface area contributed by atoms with E-state index in [9.17, 15) is 5.11 Å². The van der Waals surface area contributed by atoms with Crippen LogP contribution in [0.1, 0.15) is 30.2 Å². The maximum atomic E-state index is 10.5. The lowest BCUT2D eigenvalue weighted by Gasteiger charge is -2.34. The van der Waals surface area contributed by atoms with E-state index in [-0.39, 0.29) is 0 Å². The Morgan fingerprint density at radius 3 is 2.79 bits per heavy atom. The molecule has 1 fully saturated rings. The Morgan fingerprint density at radius 1 is 1.12 bits per heavy atom. The van der Waals surface area contributed by atoms with E-state index >= 15 is 0 Å². The monoisotopic (exact) mass is 321 g/mol. The zero-order valence-corrected chi connectivity index (χ0v) is 13.7. The zero-order chi connectivity index (χ0) is 16.4. The molecule has 4 rings (SSSR count). The lowest BCUT2D eigenvalue weighted by atomic mass is 9.89. The zero-order valence-electron chi connectivity index (χ0n) is 13.7. The van der Waals surface area contributed by atoms with Crippen LogP contribution >= 0.6 is 0 Å². The Hall–Kier alpha value is -2.17. The third-order valence-electron chi connectivity index (χ3n) is 5.15. The number of pyridine rings is 1. The molecule has 0 spiro atoms. The summed E-state index contributed by atoms with van der Waals surface area (Å²) in [6, 6.07) is 14.4. The first kappa shape index (κ1) is 15.4. The molecule has 3 aromatic rings. The van der Waals surface area contributed by atoms with E-state index in [2.05, 4.69) is 39.1 Å². The summed E-state index contributed by atoms with van der Waals surface area (Å²) < 4.78 is 0. The molecule has 2 N–H and O–H groups in total. The van der Waals surface area contributed by atoms with Gasteiger partial charge in [0.1, 0.15) is 0 Å². The number of aliphatic hydroxyl groups is 1. The number of hydrogen-bond acceptors (Lipinski definition) is 3. The molecule has 0 amide bonds. The molecule has 0 radical (unpaired) electrons. The van der Waals surface area contributed by atoms with Crippen molar-refractivity contribution in [1.29, 1.82) is 0 Å². The molecule has 1 atom stereocenters. The van der Waals surface area contributed by atoms with E-state index in [1.165, 1.54) is 16.5 Å². The van der Waals surface area contributed by atoms with Crippen LogP contribution in [0.3, 0.4) is 0 Å². The molecule has 3 heterocycles. The van der Waals surface area contributed by atoms with Gasteiger partial charge in [0.2, 0.25) is 0 Å². The average molecular weight is 321 g/mol. The van der Waals surface area contributed by atoms with Crippen molar-refractivity contribution in [1.82, 2.24) is 14.9 Å². The van der Waals surface area contributed by atoms with Gasteiger partial charge >= 0.3 is 0 Å². The van der Waals surface area contributed by atoms with E-state index in [1.54, 1.807) is 6.20 Å². The highest BCUT2D eigenvalue weighted by Crippen LogP contribution is 2.30. The number of aliphatic hydroxyl groups excluding tert-OH is 1. The number of aromatic amines is 1. The SMILES string of the molecule is OC(c1ccccn1)C1CCN(Cc2cccc3[nH]ccc23)CC1. The molecule has 4 heteroatoms. The molecule has 124 valence electrons. The number of aromatic nitrogens is 2. The molecule has 1 unspecified atom stereocenters. The Labute approximate surface area is 142 Å². The molecular weight excluding hydrogens is 298 g/mol. The molecule has 1 aliphatic heterocycles. The third kappa shape index (κ3) is 3.07. The summed E-state index contributed by atoms with van der Waals surface area (Å²) in [7, 11) is 0. The number of likely N-dealkylation sites (tertiary alicyclic amines) is 1.